The Hall–Kier alpha value is -2.03. The Bertz CT molecular complexity index is 1350. The lowest BCUT2D eigenvalue weighted by atomic mass is 9.58. The zero-order valence-corrected chi connectivity index (χ0v) is 25.8. The SMILES string of the molecule is CC1=CC23C(=O)C(C=C4COC(C)(C)OC4C2(O)C1OC(=O)C12CCC(C)(C(=O)O1)C2(C)C)C1C(CC3C)C1(C)C. The molecule has 2 aliphatic heterocycles. The number of aliphatic hydroxyl groups is 1. The molecular weight excluding hydrogens is 524 g/mol. The molecule has 1 N–H and O–H groups in total. The lowest BCUT2D eigenvalue weighted by Crippen LogP contribution is -2.68. The highest BCUT2D eigenvalue weighted by molar-refractivity contribution is 5.96. The predicted octanol–water partition coefficient (Wildman–Crippen LogP) is 4.29. The molecule has 0 aromatic rings. The van der Waals surface area contributed by atoms with E-state index < -0.39 is 63.3 Å². The number of fused-ring (bicyclic) bond motifs is 7. The molecule has 0 radical (unpaired) electrons. The topological polar surface area (TPSA) is 108 Å². The molecule has 0 amide bonds. The first-order valence-electron chi connectivity index (χ1n) is 15.2. The van der Waals surface area contributed by atoms with Gasteiger partial charge in [-0.2, -0.15) is 0 Å². The summed E-state index contributed by atoms with van der Waals surface area (Å²) in [6, 6.07) is 0. The minimum atomic E-state index is -1.91. The first kappa shape index (κ1) is 27.8. The molecule has 3 saturated carbocycles. The van der Waals surface area contributed by atoms with Crippen LogP contribution in [0.2, 0.25) is 0 Å². The molecule has 8 heteroatoms. The van der Waals surface area contributed by atoms with Crippen molar-refractivity contribution >= 4 is 17.7 Å². The summed E-state index contributed by atoms with van der Waals surface area (Å²) in [4.78, 5) is 42.1. The molecule has 5 fully saturated rings. The van der Waals surface area contributed by atoms with Crippen molar-refractivity contribution in [2.75, 3.05) is 6.61 Å². The molecule has 0 aromatic heterocycles. The van der Waals surface area contributed by atoms with E-state index in [0.717, 1.165) is 6.42 Å². The Labute approximate surface area is 242 Å². The van der Waals surface area contributed by atoms with Gasteiger partial charge in [-0.15, -0.1) is 0 Å². The maximum Gasteiger partial charge on any atom is 0.351 e. The van der Waals surface area contributed by atoms with E-state index in [4.69, 9.17) is 18.9 Å². The highest BCUT2D eigenvalue weighted by Crippen LogP contribution is 2.72. The number of hydrogen-bond donors (Lipinski definition) is 1. The Morgan fingerprint density at radius 1 is 1.07 bits per heavy atom. The van der Waals surface area contributed by atoms with Gasteiger partial charge in [0.15, 0.2) is 23.3 Å². The van der Waals surface area contributed by atoms with Crippen molar-refractivity contribution in [2.24, 2.45) is 45.3 Å². The van der Waals surface area contributed by atoms with Gasteiger partial charge >= 0.3 is 11.9 Å². The van der Waals surface area contributed by atoms with Gasteiger partial charge in [-0.3, -0.25) is 9.59 Å². The Morgan fingerprint density at radius 3 is 2.37 bits per heavy atom. The number of Topliss-reactive ketones (excluding diaryl/α,β-unsaturated/α-hetero) is 1. The largest absolute Gasteiger partial charge is 0.452 e. The van der Waals surface area contributed by atoms with Gasteiger partial charge in [0, 0.05) is 11.3 Å². The molecule has 41 heavy (non-hydrogen) atoms. The number of esters is 2. The minimum Gasteiger partial charge on any atom is -0.452 e. The first-order chi connectivity index (χ1) is 18.8. The molecule has 2 saturated heterocycles. The van der Waals surface area contributed by atoms with Gasteiger partial charge in [0.2, 0.25) is 5.60 Å². The van der Waals surface area contributed by atoms with Gasteiger partial charge < -0.3 is 24.1 Å². The monoisotopic (exact) mass is 568 g/mol. The summed E-state index contributed by atoms with van der Waals surface area (Å²) in [5.74, 6) is -2.26. The molecule has 4 bridgehead atoms. The summed E-state index contributed by atoms with van der Waals surface area (Å²) >= 11 is 0. The van der Waals surface area contributed by atoms with E-state index in [-0.39, 0.29) is 29.6 Å². The van der Waals surface area contributed by atoms with E-state index in [9.17, 15) is 19.5 Å². The lowest BCUT2D eigenvalue weighted by Gasteiger charge is -2.53. The van der Waals surface area contributed by atoms with E-state index in [1.807, 2.05) is 46.8 Å². The molecule has 1 spiro atoms. The number of carbonyl (C=O) groups is 3. The Morgan fingerprint density at radius 2 is 1.76 bits per heavy atom. The average Bonchev–Trinajstić information content (AvgIpc) is 3.21. The van der Waals surface area contributed by atoms with Crippen LogP contribution in [0, 0.1) is 45.3 Å². The van der Waals surface area contributed by atoms with Crippen LogP contribution in [0.5, 0.6) is 0 Å². The molecule has 7 aliphatic rings. The fourth-order valence-electron chi connectivity index (χ4n) is 10.2. The highest BCUT2D eigenvalue weighted by Gasteiger charge is 2.80. The van der Waals surface area contributed by atoms with Crippen LogP contribution in [0.1, 0.15) is 81.6 Å². The molecule has 224 valence electrons. The molecule has 10 unspecified atom stereocenters. The first-order valence-corrected chi connectivity index (χ1v) is 15.2. The minimum absolute atomic E-state index is 0.0102. The third-order valence-electron chi connectivity index (χ3n) is 13.3. The second kappa shape index (κ2) is 7.54. The summed E-state index contributed by atoms with van der Waals surface area (Å²) in [6.07, 6.45) is 3.42. The van der Waals surface area contributed by atoms with Crippen molar-refractivity contribution in [2.45, 2.75) is 111 Å². The van der Waals surface area contributed by atoms with Gasteiger partial charge in [0.1, 0.15) is 6.10 Å². The summed E-state index contributed by atoms with van der Waals surface area (Å²) < 4.78 is 24.8. The summed E-state index contributed by atoms with van der Waals surface area (Å²) in [7, 11) is 0. The highest BCUT2D eigenvalue weighted by atomic mass is 16.7. The van der Waals surface area contributed by atoms with Crippen LogP contribution >= 0.6 is 0 Å². The van der Waals surface area contributed by atoms with Crippen LogP contribution in [-0.2, 0) is 33.3 Å². The fourth-order valence-corrected chi connectivity index (χ4v) is 10.2. The second-order valence-electron chi connectivity index (χ2n) is 16.0. The van der Waals surface area contributed by atoms with E-state index >= 15 is 0 Å². The van der Waals surface area contributed by atoms with Gasteiger partial charge in [-0.1, -0.05) is 46.8 Å². The van der Waals surface area contributed by atoms with Gasteiger partial charge in [0.05, 0.1) is 17.4 Å². The van der Waals surface area contributed by atoms with Crippen molar-refractivity contribution in [1.82, 2.24) is 0 Å². The smallest absolute Gasteiger partial charge is 0.351 e. The number of allylic oxidation sites excluding steroid dienone is 1. The van der Waals surface area contributed by atoms with Crippen LogP contribution in [0.4, 0.5) is 0 Å². The third kappa shape index (κ3) is 2.86. The van der Waals surface area contributed by atoms with E-state index in [2.05, 4.69) is 13.8 Å². The van der Waals surface area contributed by atoms with Crippen LogP contribution in [-0.4, -0.2) is 58.6 Å². The Balaban J connectivity index is 1.37. The normalized spacial score (nSPS) is 51.3. The maximum atomic E-state index is 14.9. The van der Waals surface area contributed by atoms with Crippen LogP contribution < -0.4 is 0 Å². The number of rotatable bonds is 2. The number of hydrogen-bond acceptors (Lipinski definition) is 8. The zero-order chi connectivity index (χ0) is 29.9. The zero-order valence-electron chi connectivity index (χ0n) is 25.8. The van der Waals surface area contributed by atoms with Gasteiger partial charge in [-0.25, -0.2) is 4.79 Å². The second-order valence-corrected chi connectivity index (χ2v) is 16.0. The van der Waals surface area contributed by atoms with Crippen LogP contribution in [0.15, 0.2) is 23.3 Å². The molecule has 5 aliphatic carbocycles. The number of carbonyl (C=O) groups excluding carboxylic acids is 3. The van der Waals surface area contributed by atoms with Crippen LogP contribution in [0.3, 0.4) is 0 Å². The average molecular weight is 569 g/mol. The number of ketones is 1. The summed E-state index contributed by atoms with van der Waals surface area (Å²) in [5, 5.41) is 13.3. The maximum absolute atomic E-state index is 14.9. The van der Waals surface area contributed by atoms with Gasteiger partial charge in [-0.05, 0) is 81.3 Å². The molecule has 8 nitrogen and oxygen atoms in total. The molecule has 2 heterocycles. The summed E-state index contributed by atoms with van der Waals surface area (Å²) in [6.45, 7) is 17.7. The van der Waals surface area contributed by atoms with E-state index in [1.54, 1.807) is 13.8 Å². The molecule has 0 aromatic carbocycles. The predicted molar refractivity (Wildman–Crippen MR) is 147 cm³/mol. The van der Waals surface area contributed by atoms with Crippen molar-refractivity contribution in [1.29, 1.82) is 0 Å². The fraction of sp³-hybridized carbons (Fsp3) is 0.788. The standard InChI is InChI=1S/C33H44O8/c1-16-14-31-17(2)12-20-21(27(20,3)4)19(22(31)34)13-18-15-38-29(7,8)40-24(18)33(31,37)23(16)39-26(36)32-11-10-30(9,25(35)41-32)28(32,5)6/h13-14,17,19-21,23-24,37H,10-12,15H2,1-9H3. The van der Waals surface area contributed by atoms with Crippen molar-refractivity contribution in [3.8, 4) is 0 Å². The van der Waals surface area contributed by atoms with Crippen LogP contribution in [0.25, 0.3) is 0 Å². The van der Waals surface area contributed by atoms with Crippen molar-refractivity contribution in [3.63, 3.8) is 0 Å². The quantitative estimate of drug-likeness (QED) is 0.388. The van der Waals surface area contributed by atoms with E-state index in [1.165, 1.54) is 0 Å². The lowest BCUT2D eigenvalue weighted by molar-refractivity contribution is -0.305. The third-order valence-corrected chi connectivity index (χ3v) is 13.3. The molecular formula is C33H44O8. The molecule has 10 atom stereocenters. The molecule has 7 rings (SSSR count). The van der Waals surface area contributed by atoms with Crippen molar-refractivity contribution in [3.05, 3.63) is 23.3 Å². The Kier molecular flexibility index (Phi) is 5.11. The van der Waals surface area contributed by atoms with Crippen molar-refractivity contribution < 1.29 is 38.4 Å². The number of ether oxygens (including phenoxy) is 4. The van der Waals surface area contributed by atoms with Gasteiger partial charge in [0.25, 0.3) is 0 Å². The van der Waals surface area contributed by atoms with E-state index in [0.29, 0.717) is 29.9 Å². The summed E-state index contributed by atoms with van der Waals surface area (Å²) in [5.41, 5.74) is -4.96.